The van der Waals surface area contributed by atoms with E-state index >= 15 is 0 Å². The Balaban J connectivity index is 1.91. The molecule has 6 heteroatoms. The summed E-state index contributed by atoms with van der Waals surface area (Å²) in [7, 11) is 2.06. The zero-order chi connectivity index (χ0) is 26.1. The molecule has 2 atom stereocenters. The van der Waals surface area contributed by atoms with Gasteiger partial charge in [-0.1, -0.05) is 83.7 Å². The van der Waals surface area contributed by atoms with E-state index in [-0.39, 0.29) is 33.7 Å². The van der Waals surface area contributed by atoms with Gasteiger partial charge >= 0.3 is 0 Å². The quantitative estimate of drug-likeness (QED) is 0.396. The minimum absolute atomic E-state index is 0.0376. The number of aromatic hydroxyl groups is 2. The molecule has 2 aromatic rings. The maximum atomic E-state index is 11.1. The molecule has 0 spiro atoms. The van der Waals surface area contributed by atoms with E-state index in [1.54, 1.807) is 12.1 Å². The lowest BCUT2D eigenvalue weighted by atomic mass is 9.79. The molecule has 2 aromatic carbocycles. The van der Waals surface area contributed by atoms with Gasteiger partial charge in [-0.05, 0) is 54.5 Å². The number of phenolic OH excluding ortho intramolecular Hbond substituents is 2. The highest BCUT2D eigenvalue weighted by Gasteiger charge is 2.29. The minimum atomic E-state index is -0.179. The lowest BCUT2D eigenvalue weighted by molar-refractivity contribution is 0.162. The second kappa shape index (κ2) is 10.7. The van der Waals surface area contributed by atoms with Crippen molar-refractivity contribution in [1.29, 1.82) is 0 Å². The maximum Gasteiger partial charge on any atom is 0.138 e. The third kappa shape index (κ3) is 6.72. The molecule has 0 saturated heterocycles. The highest BCUT2D eigenvalue weighted by Crippen LogP contribution is 2.38. The van der Waals surface area contributed by atoms with Crippen LogP contribution in [0.1, 0.15) is 89.5 Å². The molecule has 1 aliphatic rings. The molecule has 0 unspecified atom stereocenters. The summed E-state index contributed by atoms with van der Waals surface area (Å²) in [6, 6.07) is 7.84. The van der Waals surface area contributed by atoms with Gasteiger partial charge in [0, 0.05) is 40.5 Å². The number of benzene rings is 2. The van der Waals surface area contributed by atoms with Crippen LogP contribution in [0.4, 0.5) is 0 Å². The summed E-state index contributed by atoms with van der Waals surface area (Å²) in [6.07, 6.45) is 6.14. The molecular formula is C29H40Cl2N2O2. The van der Waals surface area contributed by atoms with Crippen LogP contribution in [0.5, 0.6) is 11.5 Å². The topological polar surface area (TPSA) is 56.1 Å². The third-order valence-electron chi connectivity index (χ3n) is 7.01. The Labute approximate surface area is 221 Å². The highest BCUT2D eigenvalue weighted by molar-refractivity contribution is 6.35. The molecule has 3 rings (SSSR count). The first-order chi connectivity index (χ1) is 16.2. The molecule has 1 fully saturated rings. The van der Waals surface area contributed by atoms with Crippen LogP contribution in [0.3, 0.4) is 0 Å². The third-order valence-corrected chi connectivity index (χ3v) is 7.51. The van der Waals surface area contributed by atoms with Crippen LogP contribution in [-0.4, -0.2) is 40.5 Å². The summed E-state index contributed by atoms with van der Waals surface area (Å²) >= 11 is 12.3. The van der Waals surface area contributed by atoms with Gasteiger partial charge in [0.05, 0.1) is 11.1 Å². The van der Waals surface area contributed by atoms with Gasteiger partial charge in [-0.15, -0.1) is 0 Å². The van der Waals surface area contributed by atoms with E-state index in [1.165, 1.54) is 5.56 Å². The van der Waals surface area contributed by atoms with E-state index < -0.39 is 0 Å². The predicted octanol–water partition coefficient (Wildman–Crippen LogP) is 7.86. The van der Waals surface area contributed by atoms with Crippen LogP contribution in [0.2, 0.25) is 10.0 Å². The van der Waals surface area contributed by atoms with E-state index in [1.807, 2.05) is 6.21 Å². The summed E-state index contributed by atoms with van der Waals surface area (Å²) < 4.78 is 0. The average molecular weight is 520 g/mol. The second-order valence-corrected chi connectivity index (χ2v) is 12.8. The standard InChI is InChI=1S/C29H40Cl2N2O2/c1-28(2,3)20-12-18(26(34)22(14-20)29(4,5)6)16-32-24-10-8-9-11-25(24)33(7)17-19-13-21(30)15-23(31)27(19)35/h12-16,24-25,34-35H,8-11,17H2,1-7H3/t24-,25-/m1/s1. The molecule has 192 valence electrons. The van der Waals surface area contributed by atoms with Crippen LogP contribution in [0, 0.1) is 0 Å². The van der Waals surface area contributed by atoms with Crippen LogP contribution >= 0.6 is 23.2 Å². The Hall–Kier alpha value is -1.75. The van der Waals surface area contributed by atoms with Crippen LogP contribution in [-0.2, 0) is 17.4 Å². The number of hydrogen-bond acceptors (Lipinski definition) is 4. The molecule has 0 aliphatic heterocycles. The first-order valence-corrected chi connectivity index (χ1v) is 13.2. The lowest BCUT2D eigenvalue weighted by Crippen LogP contribution is -2.42. The molecule has 0 aromatic heterocycles. The molecule has 1 saturated carbocycles. The van der Waals surface area contributed by atoms with Crippen LogP contribution < -0.4 is 0 Å². The fraction of sp³-hybridized carbons (Fsp3) is 0.552. The lowest BCUT2D eigenvalue weighted by Gasteiger charge is -2.36. The van der Waals surface area contributed by atoms with Gasteiger partial charge in [0.25, 0.3) is 0 Å². The smallest absolute Gasteiger partial charge is 0.138 e. The van der Waals surface area contributed by atoms with Crippen molar-refractivity contribution in [2.75, 3.05) is 7.05 Å². The Morgan fingerprint density at radius 3 is 2.23 bits per heavy atom. The zero-order valence-electron chi connectivity index (χ0n) is 22.1. The molecule has 35 heavy (non-hydrogen) atoms. The van der Waals surface area contributed by atoms with Crippen molar-refractivity contribution in [3.8, 4) is 11.5 Å². The van der Waals surface area contributed by atoms with Crippen molar-refractivity contribution in [3.63, 3.8) is 0 Å². The molecule has 0 amide bonds. The van der Waals surface area contributed by atoms with Crippen molar-refractivity contribution >= 4 is 29.4 Å². The van der Waals surface area contributed by atoms with Crippen LogP contribution in [0.15, 0.2) is 29.3 Å². The molecule has 2 N–H and O–H groups in total. The fourth-order valence-electron chi connectivity index (χ4n) is 4.84. The fourth-order valence-corrected chi connectivity index (χ4v) is 5.38. The van der Waals surface area contributed by atoms with E-state index in [2.05, 4.69) is 65.6 Å². The molecular weight excluding hydrogens is 479 g/mol. The summed E-state index contributed by atoms with van der Waals surface area (Å²) in [6.45, 7) is 13.5. The average Bonchev–Trinajstić information content (AvgIpc) is 2.75. The summed E-state index contributed by atoms with van der Waals surface area (Å²) in [5.41, 5.74) is 3.40. The van der Waals surface area contributed by atoms with Gasteiger partial charge in [0.1, 0.15) is 11.5 Å². The van der Waals surface area contributed by atoms with Gasteiger partial charge in [-0.25, -0.2) is 0 Å². The number of aliphatic imine (C=N–C) groups is 1. The Morgan fingerprint density at radius 1 is 0.943 bits per heavy atom. The van der Waals surface area contributed by atoms with Gasteiger partial charge in [0.15, 0.2) is 0 Å². The molecule has 0 radical (unpaired) electrons. The van der Waals surface area contributed by atoms with E-state index in [9.17, 15) is 10.2 Å². The largest absolute Gasteiger partial charge is 0.507 e. The summed E-state index contributed by atoms with van der Waals surface area (Å²) in [4.78, 5) is 7.25. The number of halogens is 2. The normalized spacial score (nSPS) is 19.6. The summed E-state index contributed by atoms with van der Waals surface area (Å²) in [5, 5.41) is 22.3. The van der Waals surface area contributed by atoms with Crippen molar-refractivity contribution in [3.05, 3.63) is 56.6 Å². The Bertz CT molecular complexity index is 1080. The first kappa shape index (κ1) is 27.8. The van der Waals surface area contributed by atoms with Gasteiger partial charge in [0.2, 0.25) is 0 Å². The van der Waals surface area contributed by atoms with Crippen LogP contribution in [0.25, 0.3) is 0 Å². The van der Waals surface area contributed by atoms with Crippen molar-refractivity contribution in [2.24, 2.45) is 4.99 Å². The molecule has 4 nitrogen and oxygen atoms in total. The Morgan fingerprint density at radius 2 is 1.60 bits per heavy atom. The molecule has 0 bridgehead atoms. The number of likely N-dealkylation sites (N-methyl/N-ethyl adjacent to an activating group) is 1. The predicted molar refractivity (Wildman–Crippen MR) is 149 cm³/mol. The number of nitrogens with zero attached hydrogens (tertiary/aromatic N) is 2. The Kier molecular flexibility index (Phi) is 8.51. The van der Waals surface area contributed by atoms with Gasteiger partial charge in [-0.2, -0.15) is 0 Å². The zero-order valence-corrected chi connectivity index (χ0v) is 23.6. The first-order valence-electron chi connectivity index (χ1n) is 12.5. The van der Waals surface area contributed by atoms with Crippen molar-refractivity contribution in [2.45, 2.75) is 96.7 Å². The highest BCUT2D eigenvalue weighted by atomic mass is 35.5. The number of hydrogen-bond donors (Lipinski definition) is 2. The van der Waals surface area contributed by atoms with Gasteiger partial charge < -0.3 is 10.2 Å². The number of rotatable bonds is 5. The van der Waals surface area contributed by atoms with Crippen molar-refractivity contribution < 1.29 is 10.2 Å². The molecule has 1 aliphatic carbocycles. The van der Waals surface area contributed by atoms with E-state index in [4.69, 9.17) is 28.2 Å². The summed E-state index contributed by atoms with van der Waals surface area (Å²) in [5.74, 6) is 0.394. The number of phenols is 2. The SMILES string of the molecule is CN(Cc1cc(Cl)cc(Cl)c1O)[C@@H]1CCCC[C@H]1N=Cc1cc(C(C)(C)C)cc(C(C)(C)C)c1O. The van der Waals surface area contributed by atoms with E-state index in [0.717, 1.165) is 36.8 Å². The minimum Gasteiger partial charge on any atom is -0.507 e. The van der Waals surface area contributed by atoms with E-state index in [0.29, 0.717) is 22.9 Å². The van der Waals surface area contributed by atoms with Crippen molar-refractivity contribution in [1.82, 2.24) is 4.90 Å². The monoisotopic (exact) mass is 518 g/mol. The molecule has 0 heterocycles. The van der Waals surface area contributed by atoms with Gasteiger partial charge in [-0.3, -0.25) is 9.89 Å². The second-order valence-electron chi connectivity index (χ2n) is 12.0. The maximum absolute atomic E-state index is 11.1.